The Balaban J connectivity index is 0.000000312. The molecule has 9 heteroatoms. The first-order chi connectivity index (χ1) is 15.3. The van der Waals surface area contributed by atoms with E-state index >= 15 is 0 Å². The maximum atomic E-state index is 9.55. The van der Waals surface area contributed by atoms with E-state index in [0.29, 0.717) is 34.3 Å². The molecule has 1 aromatic heterocycles. The van der Waals surface area contributed by atoms with Crippen molar-refractivity contribution in [1.29, 1.82) is 0 Å². The molecule has 4 rings (SSSR count). The molecular weight excluding hydrogens is 455 g/mol. The summed E-state index contributed by atoms with van der Waals surface area (Å²) in [4.78, 5) is 26.0. The van der Waals surface area contributed by atoms with Gasteiger partial charge in [0.1, 0.15) is 11.9 Å². The van der Waals surface area contributed by atoms with Crippen molar-refractivity contribution in [3.8, 4) is 5.75 Å². The van der Waals surface area contributed by atoms with Gasteiger partial charge in [-0.3, -0.25) is 9.88 Å². The van der Waals surface area contributed by atoms with E-state index in [2.05, 4.69) is 16.0 Å². The second-order valence-electron chi connectivity index (χ2n) is 7.72. The molecule has 2 N–H and O–H groups in total. The fourth-order valence-electron chi connectivity index (χ4n) is 4.17. The Hall–Kier alpha value is -2.61. The monoisotopic (exact) mass is 478 g/mol. The van der Waals surface area contributed by atoms with Crippen molar-refractivity contribution in [2.75, 3.05) is 0 Å². The normalized spacial score (nSPS) is 22.2. The number of benzene rings is 1. The van der Waals surface area contributed by atoms with Crippen molar-refractivity contribution >= 4 is 35.1 Å². The highest BCUT2D eigenvalue weighted by Gasteiger charge is 2.41. The van der Waals surface area contributed by atoms with Gasteiger partial charge in [0.15, 0.2) is 0 Å². The van der Waals surface area contributed by atoms with E-state index < -0.39 is 11.9 Å². The van der Waals surface area contributed by atoms with Crippen molar-refractivity contribution in [1.82, 2.24) is 9.88 Å². The van der Waals surface area contributed by atoms with Crippen LogP contribution < -0.4 is 4.74 Å². The summed E-state index contributed by atoms with van der Waals surface area (Å²) >= 11 is 12.1. The lowest BCUT2D eigenvalue weighted by molar-refractivity contribution is -0.134. The van der Waals surface area contributed by atoms with Crippen LogP contribution in [0.1, 0.15) is 31.2 Å². The number of piperidine rings is 1. The summed E-state index contributed by atoms with van der Waals surface area (Å²) in [6, 6.07) is 10.9. The molecule has 2 saturated heterocycles. The minimum atomic E-state index is -1.26. The Kier molecular flexibility index (Phi) is 8.50. The number of nitrogens with zero attached hydrogens (tertiary/aromatic N) is 2. The van der Waals surface area contributed by atoms with Gasteiger partial charge in [0.25, 0.3) is 0 Å². The number of carbonyl (C=O) groups is 2. The molecule has 1 aromatic carbocycles. The van der Waals surface area contributed by atoms with Gasteiger partial charge in [0, 0.05) is 49.2 Å². The number of carboxylic acid groups (broad SMARTS) is 2. The molecule has 170 valence electrons. The summed E-state index contributed by atoms with van der Waals surface area (Å²) in [7, 11) is 0. The lowest BCUT2D eigenvalue weighted by Crippen LogP contribution is -2.45. The highest BCUT2D eigenvalue weighted by molar-refractivity contribution is 6.42. The van der Waals surface area contributed by atoms with Gasteiger partial charge in [-0.15, -0.1) is 0 Å². The van der Waals surface area contributed by atoms with Crippen LogP contribution in [0.15, 0.2) is 54.9 Å². The number of hydrogen-bond acceptors (Lipinski definition) is 5. The number of halogens is 2. The quantitative estimate of drug-likeness (QED) is 0.581. The number of rotatable bonds is 6. The van der Waals surface area contributed by atoms with Crippen LogP contribution in [-0.4, -0.2) is 50.2 Å². The molecule has 2 unspecified atom stereocenters. The van der Waals surface area contributed by atoms with Crippen LogP contribution in [0.2, 0.25) is 10.0 Å². The van der Waals surface area contributed by atoms with Crippen LogP contribution in [0, 0.1) is 0 Å². The molecule has 0 radical (unpaired) electrons. The number of fused-ring (bicyclic) bond motifs is 2. The Bertz CT molecular complexity index is 940. The molecule has 2 fully saturated rings. The molecule has 2 aliphatic heterocycles. The average molecular weight is 479 g/mol. The van der Waals surface area contributed by atoms with Gasteiger partial charge in [-0.1, -0.05) is 29.3 Å². The van der Waals surface area contributed by atoms with E-state index in [9.17, 15) is 9.59 Å². The minimum Gasteiger partial charge on any atom is -0.490 e. The predicted molar refractivity (Wildman–Crippen MR) is 121 cm³/mol. The molecule has 0 spiro atoms. The third-order valence-electron chi connectivity index (χ3n) is 5.49. The molecule has 2 atom stereocenters. The molecule has 3 heterocycles. The standard InChI is InChI=1S/C19H20Cl2N2O.C4H4O4/c20-18-6-5-16(10-19(18)21)24-17-8-14-3-4-15(9-17)23(14)12-13-2-1-7-22-11-13;5-3(6)1-2-4(7)8/h1-2,5-7,10-11,14-15,17H,3-4,8-9,12H2;1-2H,(H,5,6)(H,7,8). The fourth-order valence-corrected chi connectivity index (χ4v) is 4.45. The number of pyridine rings is 1. The maximum absolute atomic E-state index is 9.55. The highest BCUT2D eigenvalue weighted by Crippen LogP contribution is 2.38. The number of ether oxygens (including phenoxy) is 1. The number of aromatic nitrogens is 1. The molecule has 2 bridgehead atoms. The zero-order chi connectivity index (χ0) is 23.1. The van der Waals surface area contributed by atoms with E-state index in [0.717, 1.165) is 25.1 Å². The summed E-state index contributed by atoms with van der Waals surface area (Å²) in [6.45, 7) is 0.989. The second-order valence-corrected chi connectivity index (χ2v) is 8.53. The summed E-state index contributed by atoms with van der Waals surface area (Å²) in [5, 5.41) is 16.7. The smallest absolute Gasteiger partial charge is 0.328 e. The van der Waals surface area contributed by atoms with Crippen molar-refractivity contribution in [2.45, 2.75) is 50.4 Å². The average Bonchev–Trinajstić information content (AvgIpc) is 2.98. The fraction of sp³-hybridized carbons (Fsp3) is 0.348. The molecule has 2 aromatic rings. The first-order valence-corrected chi connectivity index (χ1v) is 11.0. The SMILES string of the molecule is Clc1ccc(OC2CC3CCC(C2)N3Cc2cccnc2)cc1Cl.O=C(O)C=CC(=O)O. The van der Waals surface area contributed by atoms with E-state index in [4.69, 9.17) is 38.2 Å². The molecule has 0 saturated carbocycles. The van der Waals surface area contributed by atoms with Gasteiger partial charge in [-0.2, -0.15) is 0 Å². The van der Waals surface area contributed by atoms with Crippen LogP contribution in [0.3, 0.4) is 0 Å². The van der Waals surface area contributed by atoms with Gasteiger partial charge >= 0.3 is 11.9 Å². The molecule has 32 heavy (non-hydrogen) atoms. The Morgan fingerprint density at radius 1 is 1.06 bits per heavy atom. The Labute approximate surface area is 196 Å². The van der Waals surface area contributed by atoms with E-state index in [-0.39, 0.29) is 6.10 Å². The van der Waals surface area contributed by atoms with Gasteiger partial charge in [0.05, 0.1) is 10.0 Å². The van der Waals surface area contributed by atoms with Gasteiger partial charge in [-0.25, -0.2) is 9.59 Å². The third-order valence-corrected chi connectivity index (χ3v) is 6.23. The van der Waals surface area contributed by atoms with Crippen molar-refractivity contribution in [3.05, 3.63) is 70.5 Å². The van der Waals surface area contributed by atoms with E-state index in [1.807, 2.05) is 30.6 Å². The lowest BCUT2D eigenvalue weighted by atomic mass is 9.99. The van der Waals surface area contributed by atoms with Crippen molar-refractivity contribution < 1.29 is 24.5 Å². The summed E-state index contributed by atoms with van der Waals surface area (Å²) in [5.74, 6) is -1.70. The molecule has 7 nitrogen and oxygen atoms in total. The van der Waals surface area contributed by atoms with E-state index in [1.165, 1.54) is 18.4 Å². The molecular formula is C23H24Cl2N2O5. The Morgan fingerprint density at radius 2 is 1.72 bits per heavy atom. The topological polar surface area (TPSA) is 100.0 Å². The first-order valence-electron chi connectivity index (χ1n) is 10.2. The summed E-state index contributed by atoms with van der Waals surface area (Å²) < 4.78 is 6.19. The Morgan fingerprint density at radius 3 is 2.25 bits per heavy atom. The lowest BCUT2D eigenvalue weighted by Gasteiger charge is -2.38. The van der Waals surface area contributed by atoms with Gasteiger partial charge in [0.2, 0.25) is 0 Å². The molecule has 2 aliphatic rings. The molecule has 0 amide bonds. The molecule has 0 aliphatic carbocycles. The van der Waals surface area contributed by atoms with Crippen molar-refractivity contribution in [2.24, 2.45) is 0 Å². The number of aliphatic carboxylic acids is 2. The van der Waals surface area contributed by atoms with Gasteiger partial charge < -0.3 is 14.9 Å². The number of carboxylic acids is 2. The number of hydrogen-bond donors (Lipinski definition) is 2. The largest absolute Gasteiger partial charge is 0.490 e. The maximum Gasteiger partial charge on any atom is 0.328 e. The zero-order valence-corrected chi connectivity index (χ0v) is 18.7. The van der Waals surface area contributed by atoms with Crippen LogP contribution in [0.25, 0.3) is 0 Å². The second kappa shape index (κ2) is 11.3. The minimum absolute atomic E-state index is 0.255. The van der Waals surface area contributed by atoms with Crippen LogP contribution in [-0.2, 0) is 16.1 Å². The van der Waals surface area contributed by atoms with Gasteiger partial charge in [-0.05, 0) is 49.4 Å². The summed E-state index contributed by atoms with van der Waals surface area (Å²) in [6.07, 6.45) is 9.81. The first kappa shape index (κ1) is 24.0. The van der Waals surface area contributed by atoms with Crippen molar-refractivity contribution in [3.63, 3.8) is 0 Å². The van der Waals surface area contributed by atoms with Crippen LogP contribution >= 0.6 is 23.2 Å². The highest BCUT2D eigenvalue weighted by atomic mass is 35.5. The zero-order valence-electron chi connectivity index (χ0n) is 17.2. The van der Waals surface area contributed by atoms with Crippen LogP contribution in [0.5, 0.6) is 5.75 Å². The summed E-state index contributed by atoms with van der Waals surface area (Å²) in [5.41, 5.74) is 1.29. The van der Waals surface area contributed by atoms with Crippen LogP contribution in [0.4, 0.5) is 0 Å². The van der Waals surface area contributed by atoms with E-state index in [1.54, 1.807) is 6.07 Å². The third kappa shape index (κ3) is 6.95. The predicted octanol–water partition coefficient (Wildman–Crippen LogP) is 4.67.